The Kier molecular flexibility index (Phi) is 6.77. The van der Waals surface area contributed by atoms with E-state index in [0.29, 0.717) is 35.6 Å². The predicted molar refractivity (Wildman–Crippen MR) is 124 cm³/mol. The molecule has 1 N–H and O–H groups in total. The van der Waals surface area contributed by atoms with Crippen LogP contribution in [-0.4, -0.2) is 80.4 Å². The third-order valence-corrected chi connectivity index (χ3v) is 7.10. The molecule has 2 saturated heterocycles. The molecule has 2 aliphatic rings. The second-order valence-electron chi connectivity index (χ2n) is 8.04. The topological polar surface area (TPSA) is 121 Å². The molecule has 1 aromatic carbocycles. The Labute approximate surface area is 196 Å². The minimum absolute atomic E-state index is 0.0804. The van der Waals surface area contributed by atoms with Crippen LogP contribution in [0, 0.1) is 5.82 Å². The monoisotopic (exact) mass is 489 g/mol. The Morgan fingerprint density at radius 1 is 1.29 bits per heavy atom. The molecule has 180 valence electrons. The zero-order valence-electron chi connectivity index (χ0n) is 18.5. The van der Waals surface area contributed by atoms with Gasteiger partial charge in [-0.3, -0.25) is 19.7 Å². The van der Waals surface area contributed by atoms with Crippen molar-refractivity contribution in [1.29, 1.82) is 0 Å². The number of nitrogens with zero attached hydrogens (tertiary/aromatic N) is 4. The number of hydrazone groups is 1. The normalized spacial score (nSPS) is 19.9. The maximum atomic E-state index is 14.9. The lowest BCUT2D eigenvalue weighted by molar-refractivity contribution is -0.119. The highest BCUT2D eigenvalue weighted by molar-refractivity contribution is 7.91. The quantitative estimate of drug-likeness (QED) is 0.609. The van der Waals surface area contributed by atoms with Crippen LogP contribution < -0.4 is 10.2 Å². The van der Waals surface area contributed by atoms with Crippen molar-refractivity contribution in [3.8, 4) is 11.1 Å². The second kappa shape index (κ2) is 9.75. The summed E-state index contributed by atoms with van der Waals surface area (Å²) < 4.78 is 43.1. The van der Waals surface area contributed by atoms with Crippen LogP contribution in [0.2, 0.25) is 0 Å². The third-order valence-electron chi connectivity index (χ3n) is 5.49. The van der Waals surface area contributed by atoms with Gasteiger partial charge in [-0.1, -0.05) is 6.07 Å². The summed E-state index contributed by atoms with van der Waals surface area (Å²) in [6.07, 6.45) is 1.96. The summed E-state index contributed by atoms with van der Waals surface area (Å²) in [7, 11) is -2.97. The maximum absolute atomic E-state index is 14.9. The molecule has 34 heavy (non-hydrogen) atoms. The van der Waals surface area contributed by atoms with E-state index >= 15 is 0 Å². The average molecular weight is 490 g/mol. The predicted octanol–water partition coefficient (Wildman–Crippen LogP) is 1.41. The van der Waals surface area contributed by atoms with Gasteiger partial charge in [0.2, 0.25) is 5.91 Å². The molecule has 0 bridgehead atoms. The summed E-state index contributed by atoms with van der Waals surface area (Å²) in [5.41, 5.74) is 1.79. The van der Waals surface area contributed by atoms with Gasteiger partial charge in [0.1, 0.15) is 11.9 Å². The van der Waals surface area contributed by atoms with Gasteiger partial charge in [0, 0.05) is 24.2 Å². The first-order valence-corrected chi connectivity index (χ1v) is 12.5. The first kappa shape index (κ1) is 23.6. The molecule has 0 radical (unpaired) electrons. The molecule has 2 fully saturated rings. The number of carbonyl (C=O) groups is 2. The lowest BCUT2D eigenvalue weighted by atomic mass is 10.1. The van der Waals surface area contributed by atoms with Gasteiger partial charge >= 0.3 is 6.09 Å². The number of nitrogens with one attached hydrogen (secondary N) is 1. The van der Waals surface area contributed by atoms with Crippen LogP contribution in [-0.2, 0) is 19.4 Å². The van der Waals surface area contributed by atoms with Crippen LogP contribution in [0.1, 0.15) is 12.6 Å². The molecular weight excluding hydrogens is 465 g/mol. The molecular formula is C22H24FN5O5S. The lowest BCUT2D eigenvalue weighted by Crippen LogP contribution is -2.37. The molecule has 0 saturated carbocycles. The van der Waals surface area contributed by atoms with Crippen molar-refractivity contribution >= 4 is 33.7 Å². The molecule has 2 amide bonds. The number of hydrogen-bond donors (Lipinski definition) is 1. The number of pyridine rings is 1. The fraction of sp³-hybridized carbons (Fsp3) is 0.364. The van der Waals surface area contributed by atoms with Gasteiger partial charge in [0.25, 0.3) is 0 Å². The molecule has 0 spiro atoms. The smallest absolute Gasteiger partial charge is 0.414 e. The molecule has 12 heteroatoms. The summed E-state index contributed by atoms with van der Waals surface area (Å²) >= 11 is 0. The van der Waals surface area contributed by atoms with Gasteiger partial charge in [-0.2, -0.15) is 5.10 Å². The van der Waals surface area contributed by atoms with E-state index in [0.717, 1.165) is 0 Å². The summed E-state index contributed by atoms with van der Waals surface area (Å²) in [5.74, 6) is -0.583. The maximum Gasteiger partial charge on any atom is 0.414 e. The molecule has 0 aliphatic carbocycles. The van der Waals surface area contributed by atoms with Gasteiger partial charge in [-0.05, 0) is 24.3 Å². The number of rotatable bonds is 6. The van der Waals surface area contributed by atoms with Gasteiger partial charge < -0.3 is 10.1 Å². The van der Waals surface area contributed by atoms with Crippen molar-refractivity contribution in [1.82, 2.24) is 15.3 Å². The number of ether oxygens (including phenoxy) is 1. The number of carbonyl (C=O) groups excluding carboxylic acids is 2. The molecule has 1 aromatic heterocycles. The summed E-state index contributed by atoms with van der Waals surface area (Å²) in [6, 6.07) is 7.85. The number of benzene rings is 1. The Hall–Kier alpha value is -3.54. The second-order valence-corrected chi connectivity index (χ2v) is 10.3. The first-order chi connectivity index (χ1) is 16.2. The number of amides is 2. The van der Waals surface area contributed by atoms with Crippen LogP contribution in [0.3, 0.4) is 0 Å². The van der Waals surface area contributed by atoms with Crippen molar-refractivity contribution in [2.75, 3.05) is 42.6 Å². The highest BCUT2D eigenvalue weighted by Gasteiger charge is 2.32. The molecule has 10 nitrogen and oxygen atoms in total. The van der Waals surface area contributed by atoms with Gasteiger partial charge in [-0.15, -0.1) is 0 Å². The summed E-state index contributed by atoms with van der Waals surface area (Å²) in [5, 5.41) is 8.54. The molecule has 0 unspecified atom stereocenters. The van der Waals surface area contributed by atoms with Crippen molar-refractivity contribution in [2.24, 2.45) is 5.10 Å². The van der Waals surface area contributed by atoms with Gasteiger partial charge in [0.05, 0.1) is 55.3 Å². The van der Waals surface area contributed by atoms with Crippen molar-refractivity contribution in [2.45, 2.75) is 13.0 Å². The minimum atomic E-state index is -2.97. The van der Waals surface area contributed by atoms with E-state index in [9.17, 15) is 22.4 Å². The van der Waals surface area contributed by atoms with Crippen molar-refractivity contribution < 1.29 is 27.1 Å². The lowest BCUT2D eigenvalue weighted by Gasteiger charge is -2.23. The number of aromatic nitrogens is 1. The number of hydrogen-bond acceptors (Lipinski definition) is 8. The van der Waals surface area contributed by atoms with Crippen LogP contribution >= 0.6 is 0 Å². The number of cyclic esters (lactones) is 1. The van der Waals surface area contributed by atoms with E-state index in [1.807, 2.05) is 0 Å². The molecule has 4 rings (SSSR count). The van der Waals surface area contributed by atoms with E-state index < -0.39 is 27.9 Å². The molecule has 3 heterocycles. The Morgan fingerprint density at radius 2 is 2.06 bits per heavy atom. The highest BCUT2D eigenvalue weighted by Crippen LogP contribution is 2.28. The largest absolute Gasteiger partial charge is 0.442 e. The number of anilines is 1. The average Bonchev–Trinajstić information content (AvgIpc) is 3.18. The van der Waals surface area contributed by atoms with Gasteiger partial charge in [-0.25, -0.2) is 17.6 Å². The summed E-state index contributed by atoms with van der Waals surface area (Å²) in [4.78, 5) is 28.8. The van der Waals surface area contributed by atoms with Gasteiger partial charge in [0.15, 0.2) is 9.84 Å². The highest BCUT2D eigenvalue weighted by atomic mass is 32.2. The zero-order chi connectivity index (χ0) is 24.3. The fourth-order valence-electron chi connectivity index (χ4n) is 3.60. The Bertz CT molecular complexity index is 1200. The SMILES string of the molecule is CC(=O)NC[C@H]1CN(c2ccc(-c3ccc(C=NN4CCS(=O)(=O)CC4)nc3)c(F)c2)C(=O)O1. The number of sulfone groups is 1. The molecule has 1 atom stereocenters. The standard InChI is InChI=1S/C22H24FN5O5S/c1-15(29)24-13-19-14-28(22(30)33-19)18-4-5-20(21(23)10-18)16-2-3-17(25-11-16)12-26-27-6-8-34(31,32)9-7-27/h2-5,10-12,19H,6-9,13-14H2,1H3,(H,24,29)/t19-/m0/s1. The van der Waals surface area contributed by atoms with E-state index in [-0.39, 0.29) is 30.5 Å². The van der Waals surface area contributed by atoms with E-state index in [4.69, 9.17) is 4.74 Å². The molecule has 2 aliphatic heterocycles. The Balaban J connectivity index is 1.40. The van der Waals surface area contributed by atoms with Crippen LogP contribution in [0.5, 0.6) is 0 Å². The Morgan fingerprint density at radius 3 is 2.71 bits per heavy atom. The van der Waals surface area contributed by atoms with Crippen LogP contribution in [0.4, 0.5) is 14.9 Å². The number of halogens is 1. The van der Waals surface area contributed by atoms with E-state index in [1.54, 1.807) is 29.3 Å². The van der Waals surface area contributed by atoms with E-state index in [2.05, 4.69) is 15.4 Å². The first-order valence-electron chi connectivity index (χ1n) is 10.7. The third kappa shape index (κ3) is 5.68. The zero-order valence-corrected chi connectivity index (χ0v) is 19.3. The van der Waals surface area contributed by atoms with E-state index in [1.165, 1.54) is 30.3 Å². The summed E-state index contributed by atoms with van der Waals surface area (Å²) in [6.45, 7) is 2.45. The van der Waals surface area contributed by atoms with Crippen LogP contribution in [0.25, 0.3) is 11.1 Å². The minimum Gasteiger partial charge on any atom is -0.442 e. The molecule has 2 aromatic rings. The van der Waals surface area contributed by atoms with Crippen molar-refractivity contribution in [3.05, 3.63) is 48.0 Å². The van der Waals surface area contributed by atoms with Crippen molar-refractivity contribution in [3.63, 3.8) is 0 Å². The van der Waals surface area contributed by atoms with Crippen LogP contribution in [0.15, 0.2) is 41.6 Å². The fourth-order valence-corrected chi connectivity index (χ4v) is 4.78.